The number of ether oxygens (including phenoxy) is 1. The lowest BCUT2D eigenvalue weighted by Gasteiger charge is -2.31. The van der Waals surface area contributed by atoms with Gasteiger partial charge in [0.25, 0.3) is 10.1 Å². The minimum atomic E-state index is -4.40. The number of amides is 1. The maximum atomic E-state index is 14.2. The second-order valence-electron chi connectivity index (χ2n) is 12.3. The van der Waals surface area contributed by atoms with Gasteiger partial charge in [-0.2, -0.15) is 12.7 Å². The monoisotopic (exact) mass is 692 g/mol. The zero-order chi connectivity index (χ0) is 33.9. The highest BCUT2D eigenvalue weighted by Crippen LogP contribution is 2.30. The minimum Gasteiger partial charge on any atom is -0.444 e. The van der Waals surface area contributed by atoms with E-state index in [-0.39, 0.29) is 46.5 Å². The highest BCUT2D eigenvalue weighted by Gasteiger charge is 2.47. The van der Waals surface area contributed by atoms with Crippen molar-refractivity contribution in [2.45, 2.75) is 73.5 Å². The average molecular weight is 693 g/mol. The summed E-state index contributed by atoms with van der Waals surface area (Å²) < 4.78 is 93.7. The molecule has 250 valence electrons. The van der Waals surface area contributed by atoms with Gasteiger partial charge in [-0.1, -0.05) is 53.6 Å². The van der Waals surface area contributed by atoms with Gasteiger partial charge in [0.2, 0.25) is 10.0 Å². The molecule has 3 aromatic carbocycles. The fraction of sp³-hybridized carbons (Fsp3) is 0.406. The van der Waals surface area contributed by atoms with Crippen LogP contribution in [0.25, 0.3) is 0 Å². The van der Waals surface area contributed by atoms with E-state index in [1.165, 1.54) is 41.3 Å². The molecule has 0 aromatic heterocycles. The van der Waals surface area contributed by atoms with Crippen LogP contribution in [0.5, 0.6) is 0 Å². The molecule has 0 aliphatic carbocycles. The standard InChI is InChI=1S/C32H40N2O9S3/c1-24-12-16-27(17-13-24)45(38,39)34(20-9-21-44(36,37)26-10-7-6-8-11-26)29-22-33(31(35)42-32(3,4)5)23-30(29)43-46(40,41)28-18-14-25(2)15-19-28/h6-8,10-19,29-30H,9,20-23H2,1-5H3/t29-,30-/m0/s1. The lowest BCUT2D eigenvalue weighted by atomic mass is 10.2. The normalized spacial score (nSPS) is 17.7. The SMILES string of the molecule is Cc1ccc(S(=O)(=O)O[C@H]2CN(C(=O)OC(C)(C)C)C[C@@H]2N(CCCS(=O)(=O)c2ccccc2)S(=O)(=O)c2ccc(C)cc2)cc1. The van der Waals surface area contributed by atoms with Gasteiger partial charge in [0.15, 0.2) is 9.84 Å². The van der Waals surface area contributed by atoms with Crippen LogP contribution in [0.1, 0.15) is 38.3 Å². The minimum absolute atomic E-state index is 0.0696. The fourth-order valence-corrected chi connectivity index (χ4v) is 9.08. The predicted octanol–water partition coefficient (Wildman–Crippen LogP) is 4.55. The van der Waals surface area contributed by atoms with Crippen LogP contribution in [0.15, 0.2) is 93.5 Å². The Morgan fingerprint density at radius 3 is 1.87 bits per heavy atom. The van der Waals surface area contributed by atoms with Crippen LogP contribution >= 0.6 is 0 Å². The number of aryl methyl sites for hydroxylation is 2. The molecule has 1 saturated heterocycles. The molecular formula is C32H40N2O9S3. The number of benzene rings is 3. The molecule has 14 heteroatoms. The molecule has 1 heterocycles. The topological polar surface area (TPSA) is 144 Å². The quantitative estimate of drug-likeness (QED) is 0.264. The van der Waals surface area contributed by atoms with Gasteiger partial charge in [-0.3, -0.25) is 4.18 Å². The molecule has 0 saturated carbocycles. The van der Waals surface area contributed by atoms with Crippen molar-refractivity contribution in [1.82, 2.24) is 9.21 Å². The molecule has 1 aliphatic rings. The van der Waals surface area contributed by atoms with Crippen molar-refractivity contribution in [1.29, 1.82) is 0 Å². The number of carbonyl (C=O) groups excluding carboxylic acids is 1. The summed E-state index contributed by atoms with van der Waals surface area (Å²) in [5.41, 5.74) is 0.773. The molecule has 1 fully saturated rings. The van der Waals surface area contributed by atoms with Gasteiger partial charge in [0.1, 0.15) is 11.7 Å². The second kappa shape index (κ2) is 13.8. The average Bonchev–Trinajstić information content (AvgIpc) is 3.38. The Bertz CT molecular complexity index is 1840. The Hall–Kier alpha value is -3.30. The summed E-state index contributed by atoms with van der Waals surface area (Å²) in [6, 6.07) is 18.7. The van der Waals surface area contributed by atoms with E-state index in [9.17, 15) is 30.0 Å². The molecule has 11 nitrogen and oxygen atoms in total. The van der Waals surface area contributed by atoms with Gasteiger partial charge in [-0.25, -0.2) is 21.6 Å². The van der Waals surface area contributed by atoms with Crippen LogP contribution in [-0.4, -0.2) is 83.7 Å². The number of sulfone groups is 1. The van der Waals surface area contributed by atoms with Crippen molar-refractivity contribution in [2.24, 2.45) is 0 Å². The Balaban J connectivity index is 1.73. The van der Waals surface area contributed by atoms with E-state index in [4.69, 9.17) is 8.92 Å². The first-order valence-corrected chi connectivity index (χ1v) is 19.2. The number of rotatable bonds is 11. The summed E-state index contributed by atoms with van der Waals surface area (Å²) in [5, 5.41) is 0. The van der Waals surface area contributed by atoms with Crippen molar-refractivity contribution < 1.29 is 39.0 Å². The zero-order valence-electron chi connectivity index (χ0n) is 26.5. The maximum absolute atomic E-state index is 14.2. The molecule has 1 amide bonds. The van der Waals surface area contributed by atoms with Crippen LogP contribution < -0.4 is 0 Å². The van der Waals surface area contributed by atoms with Gasteiger partial charge in [0.05, 0.1) is 33.0 Å². The van der Waals surface area contributed by atoms with Gasteiger partial charge in [-0.05, 0) is 77.4 Å². The first-order valence-electron chi connectivity index (χ1n) is 14.7. The summed E-state index contributed by atoms with van der Waals surface area (Å²) in [4.78, 5) is 14.3. The Morgan fingerprint density at radius 2 is 1.33 bits per heavy atom. The third kappa shape index (κ3) is 8.73. The lowest BCUT2D eigenvalue weighted by Crippen LogP contribution is -2.49. The van der Waals surface area contributed by atoms with E-state index in [1.54, 1.807) is 77.1 Å². The maximum Gasteiger partial charge on any atom is 0.410 e. The summed E-state index contributed by atoms with van der Waals surface area (Å²) in [7, 11) is -12.5. The van der Waals surface area contributed by atoms with Crippen molar-refractivity contribution in [2.75, 3.05) is 25.4 Å². The third-order valence-corrected chi connectivity index (χ3v) is 12.4. The molecule has 0 radical (unpaired) electrons. The van der Waals surface area contributed by atoms with Crippen molar-refractivity contribution in [3.05, 3.63) is 90.0 Å². The highest BCUT2D eigenvalue weighted by molar-refractivity contribution is 7.91. The highest BCUT2D eigenvalue weighted by atomic mass is 32.2. The number of nitrogens with zero attached hydrogens (tertiary/aromatic N) is 2. The van der Waals surface area contributed by atoms with E-state index in [0.717, 1.165) is 15.4 Å². The van der Waals surface area contributed by atoms with E-state index in [1.807, 2.05) is 0 Å². The molecular weight excluding hydrogens is 653 g/mol. The molecule has 1 aliphatic heterocycles. The zero-order valence-corrected chi connectivity index (χ0v) is 28.9. The van der Waals surface area contributed by atoms with Crippen LogP contribution in [-0.2, 0) is 38.9 Å². The van der Waals surface area contributed by atoms with Crippen LogP contribution in [0.4, 0.5) is 4.79 Å². The molecule has 0 N–H and O–H groups in total. The van der Waals surface area contributed by atoms with Gasteiger partial charge in [0, 0.05) is 13.1 Å². The van der Waals surface area contributed by atoms with E-state index in [0.29, 0.717) is 0 Å². The summed E-state index contributed by atoms with van der Waals surface area (Å²) in [5.74, 6) is -0.368. The van der Waals surface area contributed by atoms with Crippen LogP contribution in [0.2, 0.25) is 0 Å². The first-order chi connectivity index (χ1) is 21.4. The van der Waals surface area contributed by atoms with Crippen LogP contribution in [0, 0.1) is 13.8 Å². The number of sulfonamides is 1. The number of likely N-dealkylation sites (tertiary alicyclic amines) is 1. The summed E-state index contributed by atoms with van der Waals surface area (Å²) >= 11 is 0. The molecule has 4 rings (SSSR count). The molecule has 3 aromatic rings. The first kappa shape index (κ1) is 35.6. The van der Waals surface area contributed by atoms with Crippen molar-refractivity contribution in [3.63, 3.8) is 0 Å². The van der Waals surface area contributed by atoms with Gasteiger partial charge in [-0.15, -0.1) is 0 Å². The molecule has 46 heavy (non-hydrogen) atoms. The summed E-state index contributed by atoms with van der Waals surface area (Å²) in [6.07, 6.45) is -2.21. The smallest absolute Gasteiger partial charge is 0.410 e. The second-order valence-corrected chi connectivity index (χ2v) is 17.8. The van der Waals surface area contributed by atoms with E-state index < -0.39 is 53.8 Å². The van der Waals surface area contributed by atoms with Crippen LogP contribution in [0.3, 0.4) is 0 Å². The lowest BCUT2D eigenvalue weighted by molar-refractivity contribution is 0.0274. The molecule has 0 unspecified atom stereocenters. The Morgan fingerprint density at radius 1 is 0.783 bits per heavy atom. The van der Waals surface area contributed by atoms with Gasteiger partial charge >= 0.3 is 6.09 Å². The molecule has 0 bridgehead atoms. The number of hydrogen-bond acceptors (Lipinski definition) is 9. The number of carbonyl (C=O) groups is 1. The summed E-state index contributed by atoms with van der Waals surface area (Å²) in [6.45, 7) is 7.81. The largest absolute Gasteiger partial charge is 0.444 e. The van der Waals surface area contributed by atoms with Crippen molar-refractivity contribution in [3.8, 4) is 0 Å². The molecule has 0 spiro atoms. The van der Waals surface area contributed by atoms with E-state index >= 15 is 0 Å². The Kier molecular flexibility index (Phi) is 10.7. The third-order valence-electron chi connectivity index (χ3n) is 7.34. The van der Waals surface area contributed by atoms with Gasteiger partial charge < -0.3 is 9.64 Å². The Labute approximate surface area is 272 Å². The van der Waals surface area contributed by atoms with Crippen molar-refractivity contribution >= 4 is 36.1 Å². The predicted molar refractivity (Wildman–Crippen MR) is 173 cm³/mol. The molecule has 2 atom stereocenters. The number of hydrogen-bond donors (Lipinski definition) is 0. The van der Waals surface area contributed by atoms with E-state index in [2.05, 4.69) is 0 Å². The fourth-order valence-electron chi connectivity index (χ4n) is 4.99.